The fourth-order valence-electron chi connectivity index (χ4n) is 3.13. The maximum absolute atomic E-state index is 11.8. The minimum absolute atomic E-state index is 0.0193. The van der Waals surface area contributed by atoms with Crippen LogP contribution in [-0.4, -0.2) is 5.78 Å². The molecule has 1 heterocycles. The predicted octanol–water partition coefficient (Wildman–Crippen LogP) is 4.59. The van der Waals surface area contributed by atoms with Crippen molar-refractivity contribution in [1.29, 1.82) is 0 Å². The number of hydrogen-bond acceptors (Lipinski definition) is 2. The van der Waals surface area contributed by atoms with E-state index < -0.39 is 0 Å². The molecule has 1 aliphatic carbocycles. The molecule has 0 fully saturated rings. The van der Waals surface area contributed by atoms with Gasteiger partial charge in [-0.3, -0.25) is 4.79 Å². The van der Waals surface area contributed by atoms with Gasteiger partial charge in [0.05, 0.1) is 0 Å². The van der Waals surface area contributed by atoms with Gasteiger partial charge in [0.2, 0.25) is 0 Å². The Morgan fingerprint density at radius 2 is 1.63 bits per heavy atom. The van der Waals surface area contributed by atoms with E-state index in [2.05, 4.69) is 30.3 Å². The molecular formula is C17H12O2. The van der Waals surface area contributed by atoms with Crippen LogP contribution in [0.4, 0.5) is 0 Å². The van der Waals surface area contributed by atoms with E-state index in [1.165, 1.54) is 16.3 Å². The van der Waals surface area contributed by atoms with Crippen LogP contribution in [-0.2, 0) is 0 Å². The molecule has 0 spiro atoms. The molecule has 0 atom stereocenters. The van der Waals surface area contributed by atoms with Crippen LogP contribution in [0.15, 0.2) is 40.8 Å². The Hall–Kier alpha value is -2.35. The fourth-order valence-corrected chi connectivity index (χ4v) is 3.13. The molecule has 2 aromatic carbocycles. The number of aryl methyl sites for hydroxylation is 1. The maximum atomic E-state index is 11.8. The lowest BCUT2D eigenvalue weighted by Gasteiger charge is -2.02. The monoisotopic (exact) mass is 248 g/mol. The van der Waals surface area contributed by atoms with Crippen molar-refractivity contribution in [3.05, 3.63) is 47.9 Å². The summed E-state index contributed by atoms with van der Waals surface area (Å²) >= 11 is 0. The van der Waals surface area contributed by atoms with Gasteiger partial charge in [-0.15, -0.1) is 0 Å². The molecule has 19 heavy (non-hydrogen) atoms. The van der Waals surface area contributed by atoms with Crippen LogP contribution in [0.5, 0.6) is 0 Å². The van der Waals surface area contributed by atoms with E-state index in [0.29, 0.717) is 5.76 Å². The topological polar surface area (TPSA) is 30.2 Å². The molecule has 0 amide bonds. The van der Waals surface area contributed by atoms with Crippen LogP contribution in [0.2, 0.25) is 0 Å². The number of carbonyl (C=O) groups is 1. The first-order valence-corrected chi connectivity index (χ1v) is 6.35. The molecule has 0 radical (unpaired) electrons. The second kappa shape index (κ2) is 3.35. The summed E-state index contributed by atoms with van der Waals surface area (Å²) in [6, 6.07) is 12.5. The molecular weight excluding hydrogens is 236 g/mol. The second-order valence-electron chi connectivity index (χ2n) is 5.00. The third-order valence-corrected chi connectivity index (χ3v) is 3.85. The van der Waals surface area contributed by atoms with Crippen molar-refractivity contribution in [1.82, 2.24) is 0 Å². The van der Waals surface area contributed by atoms with Crippen LogP contribution in [0.25, 0.3) is 33.0 Å². The summed E-state index contributed by atoms with van der Waals surface area (Å²) in [4.78, 5) is 11.8. The van der Waals surface area contributed by atoms with Crippen molar-refractivity contribution in [3.8, 4) is 22.3 Å². The van der Waals surface area contributed by atoms with E-state index in [0.717, 1.165) is 22.5 Å². The van der Waals surface area contributed by atoms with Crippen molar-refractivity contribution in [2.75, 3.05) is 0 Å². The summed E-state index contributed by atoms with van der Waals surface area (Å²) in [5, 5.41) is 2.44. The van der Waals surface area contributed by atoms with Gasteiger partial charge < -0.3 is 4.42 Å². The van der Waals surface area contributed by atoms with Crippen LogP contribution in [0.3, 0.4) is 0 Å². The van der Waals surface area contributed by atoms with E-state index in [-0.39, 0.29) is 5.78 Å². The van der Waals surface area contributed by atoms with Crippen LogP contribution >= 0.6 is 0 Å². The highest BCUT2D eigenvalue weighted by Gasteiger charge is 2.30. The Morgan fingerprint density at radius 1 is 1.00 bits per heavy atom. The average molecular weight is 248 g/mol. The minimum Gasteiger partial charge on any atom is -0.457 e. The SMILES string of the molecule is CC(=O)c1oc(C)c2c1-c1cccc3cccc-2c13. The number of Topliss-reactive ketones (excluding diaryl/α,β-unsaturated/α-hetero) is 1. The summed E-state index contributed by atoms with van der Waals surface area (Å²) in [5.74, 6) is 1.29. The van der Waals surface area contributed by atoms with E-state index in [1.807, 2.05) is 13.0 Å². The lowest BCUT2D eigenvalue weighted by atomic mass is 10.0. The summed E-state index contributed by atoms with van der Waals surface area (Å²) in [7, 11) is 0. The van der Waals surface area contributed by atoms with Gasteiger partial charge in [-0.25, -0.2) is 0 Å². The first kappa shape index (κ1) is 10.6. The minimum atomic E-state index is -0.0193. The van der Waals surface area contributed by atoms with Gasteiger partial charge in [0, 0.05) is 18.1 Å². The van der Waals surface area contributed by atoms with Crippen molar-refractivity contribution in [2.24, 2.45) is 0 Å². The highest BCUT2D eigenvalue weighted by Crippen LogP contribution is 2.51. The highest BCUT2D eigenvalue weighted by molar-refractivity contribution is 6.19. The van der Waals surface area contributed by atoms with Crippen molar-refractivity contribution in [3.63, 3.8) is 0 Å². The zero-order valence-corrected chi connectivity index (χ0v) is 10.8. The predicted molar refractivity (Wildman–Crippen MR) is 75.4 cm³/mol. The first-order valence-electron chi connectivity index (χ1n) is 6.35. The Morgan fingerprint density at radius 3 is 2.26 bits per heavy atom. The van der Waals surface area contributed by atoms with Gasteiger partial charge in [0.1, 0.15) is 5.76 Å². The average Bonchev–Trinajstić information content (AvgIpc) is 2.90. The lowest BCUT2D eigenvalue weighted by molar-refractivity contribution is 0.0987. The van der Waals surface area contributed by atoms with Gasteiger partial charge in [-0.05, 0) is 28.8 Å². The Balaban J connectivity index is 2.24. The van der Waals surface area contributed by atoms with E-state index in [4.69, 9.17) is 4.42 Å². The second-order valence-corrected chi connectivity index (χ2v) is 5.00. The largest absolute Gasteiger partial charge is 0.457 e. The lowest BCUT2D eigenvalue weighted by Crippen LogP contribution is -1.91. The standard InChI is InChI=1S/C17H12O2/c1-9(18)17-16-13-8-4-6-11-5-3-7-12(15(11)13)14(16)10(2)19-17/h3-8H,1-2H3. The molecule has 92 valence electrons. The normalized spacial score (nSPS) is 11.9. The molecule has 3 aromatic rings. The van der Waals surface area contributed by atoms with Gasteiger partial charge in [-0.2, -0.15) is 0 Å². The third-order valence-electron chi connectivity index (χ3n) is 3.85. The summed E-state index contributed by atoms with van der Waals surface area (Å²) in [5.41, 5.74) is 4.34. The number of carbonyl (C=O) groups excluding carboxylic acids is 1. The number of ketones is 1. The molecule has 0 saturated heterocycles. The van der Waals surface area contributed by atoms with Crippen LogP contribution in [0, 0.1) is 6.92 Å². The van der Waals surface area contributed by atoms with Crippen molar-refractivity contribution < 1.29 is 9.21 Å². The molecule has 1 aliphatic rings. The quantitative estimate of drug-likeness (QED) is 0.461. The molecule has 0 saturated carbocycles. The van der Waals surface area contributed by atoms with Gasteiger partial charge in [0.25, 0.3) is 0 Å². The molecule has 0 bridgehead atoms. The van der Waals surface area contributed by atoms with Gasteiger partial charge in [0.15, 0.2) is 11.5 Å². The number of fused-ring (bicyclic) bond motifs is 3. The molecule has 0 N–H and O–H groups in total. The van der Waals surface area contributed by atoms with Gasteiger partial charge >= 0.3 is 0 Å². The van der Waals surface area contributed by atoms with E-state index in [1.54, 1.807) is 6.92 Å². The zero-order valence-electron chi connectivity index (χ0n) is 10.8. The number of furan rings is 1. The maximum Gasteiger partial charge on any atom is 0.195 e. The van der Waals surface area contributed by atoms with Crippen molar-refractivity contribution >= 4 is 16.6 Å². The zero-order chi connectivity index (χ0) is 13.1. The number of benzene rings is 2. The van der Waals surface area contributed by atoms with Crippen LogP contribution in [0.1, 0.15) is 23.2 Å². The summed E-state index contributed by atoms with van der Waals surface area (Å²) in [6.07, 6.45) is 0. The van der Waals surface area contributed by atoms with E-state index >= 15 is 0 Å². The molecule has 0 aliphatic heterocycles. The van der Waals surface area contributed by atoms with Gasteiger partial charge in [-0.1, -0.05) is 36.4 Å². The highest BCUT2D eigenvalue weighted by atomic mass is 16.3. The Kier molecular flexibility index (Phi) is 1.86. The van der Waals surface area contributed by atoms with E-state index in [9.17, 15) is 4.79 Å². The third kappa shape index (κ3) is 1.18. The molecule has 0 unspecified atom stereocenters. The smallest absolute Gasteiger partial charge is 0.195 e. The fraction of sp³-hybridized carbons (Fsp3) is 0.118. The number of hydrogen-bond donors (Lipinski definition) is 0. The number of rotatable bonds is 1. The first-order chi connectivity index (χ1) is 9.18. The van der Waals surface area contributed by atoms with Crippen molar-refractivity contribution in [2.45, 2.75) is 13.8 Å². The molecule has 1 aromatic heterocycles. The summed E-state index contributed by atoms with van der Waals surface area (Å²) < 4.78 is 5.69. The summed E-state index contributed by atoms with van der Waals surface area (Å²) in [6.45, 7) is 3.48. The molecule has 4 rings (SSSR count). The Labute approximate surface area is 110 Å². The van der Waals surface area contributed by atoms with Crippen LogP contribution < -0.4 is 0 Å². The molecule has 2 heteroatoms. The molecule has 2 nitrogen and oxygen atoms in total. The Bertz CT molecular complexity index is 848.